The number of rotatable bonds is 71. The number of allylic oxidation sites excluding steroid dienone is 4. The maximum Gasteiger partial charge on any atom is 0.306 e. The molecule has 0 amide bonds. The van der Waals surface area contributed by atoms with Crippen molar-refractivity contribution >= 4 is 17.9 Å². The monoisotopic (exact) mass is 1170 g/mol. The molecule has 0 aliphatic heterocycles. The number of esters is 3. The first-order valence-electron chi connectivity index (χ1n) is 37.8. The van der Waals surface area contributed by atoms with Crippen molar-refractivity contribution in [3.05, 3.63) is 24.3 Å². The summed E-state index contributed by atoms with van der Waals surface area (Å²) in [5.74, 6) is -0.828. The lowest BCUT2D eigenvalue weighted by Gasteiger charge is -2.18. The van der Waals surface area contributed by atoms with E-state index < -0.39 is 6.10 Å². The Bertz CT molecular complexity index is 1340. The molecule has 83 heavy (non-hydrogen) atoms. The molecule has 0 rings (SSSR count). The van der Waals surface area contributed by atoms with Crippen molar-refractivity contribution < 1.29 is 28.6 Å². The highest BCUT2D eigenvalue weighted by Crippen LogP contribution is 2.19. The molecule has 0 aliphatic carbocycles. The van der Waals surface area contributed by atoms with Gasteiger partial charge < -0.3 is 14.2 Å². The molecular formula is C77H146O6. The Morgan fingerprint density at radius 3 is 0.663 bits per heavy atom. The summed E-state index contributed by atoms with van der Waals surface area (Å²) < 4.78 is 17.0. The molecule has 0 aromatic heterocycles. The van der Waals surface area contributed by atoms with Gasteiger partial charge in [0, 0.05) is 19.3 Å². The van der Waals surface area contributed by atoms with E-state index in [0.717, 1.165) is 64.2 Å². The first-order chi connectivity index (χ1) is 41.0. The van der Waals surface area contributed by atoms with E-state index in [2.05, 4.69) is 45.1 Å². The molecule has 0 heterocycles. The number of unbranched alkanes of at least 4 members (excludes halogenated alkanes) is 56. The van der Waals surface area contributed by atoms with Gasteiger partial charge in [0.1, 0.15) is 13.2 Å². The van der Waals surface area contributed by atoms with Gasteiger partial charge in [-0.1, -0.05) is 385 Å². The highest BCUT2D eigenvalue weighted by molar-refractivity contribution is 5.71. The Labute approximate surface area is 519 Å². The van der Waals surface area contributed by atoms with Crippen LogP contribution in [0.2, 0.25) is 0 Å². The summed E-state index contributed by atoms with van der Waals surface area (Å²) in [5.41, 5.74) is 0. The molecule has 0 saturated heterocycles. The highest BCUT2D eigenvalue weighted by atomic mass is 16.6. The molecule has 0 aromatic rings. The minimum atomic E-state index is -0.765. The van der Waals surface area contributed by atoms with Crippen molar-refractivity contribution in [3.8, 4) is 0 Å². The minimum Gasteiger partial charge on any atom is -0.462 e. The van der Waals surface area contributed by atoms with E-state index in [9.17, 15) is 14.4 Å². The summed E-state index contributed by atoms with van der Waals surface area (Å²) in [6, 6.07) is 0. The molecule has 0 saturated carbocycles. The molecule has 6 nitrogen and oxygen atoms in total. The maximum absolute atomic E-state index is 12.9. The molecule has 0 N–H and O–H groups in total. The van der Waals surface area contributed by atoms with Gasteiger partial charge in [0.15, 0.2) is 6.10 Å². The Kier molecular flexibility index (Phi) is 70.5. The van der Waals surface area contributed by atoms with Crippen LogP contribution >= 0.6 is 0 Å². The second-order valence-electron chi connectivity index (χ2n) is 25.9. The van der Waals surface area contributed by atoms with E-state index >= 15 is 0 Å². The Morgan fingerprint density at radius 1 is 0.241 bits per heavy atom. The van der Waals surface area contributed by atoms with Crippen molar-refractivity contribution in [2.45, 2.75) is 438 Å². The van der Waals surface area contributed by atoms with Gasteiger partial charge in [0.25, 0.3) is 0 Å². The molecule has 0 aliphatic rings. The molecule has 0 bridgehead atoms. The molecular weight excluding hydrogens is 1020 g/mol. The van der Waals surface area contributed by atoms with E-state index in [1.54, 1.807) is 0 Å². The van der Waals surface area contributed by atoms with Crippen LogP contribution in [0.4, 0.5) is 0 Å². The summed E-state index contributed by atoms with van der Waals surface area (Å²) in [6.07, 6.45) is 89.6. The fourth-order valence-electron chi connectivity index (χ4n) is 11.8. The second kappa shape index (κ2) is 72.4. The van der Waals surface area contributed by atoms with Crippen LogP contribution in [-0.4, -0.2) is 37.2 Å². The van der Waals surface area contributed by atoms with Crippen LogP contribution in [0.1, 0.15) is 432 Å². The Hall–Kier alpha value is -2.11. The van der Waals surface area contributed by atoms with Crippen molar-refractivity contribution in [2.24, 2.45) is 0 Å². The zero-order valence-electron chi connectivity index (χ0n) is 56.5. The molecule has 0 aromatic carbocycles. The fourth-order valence-corrected chi connectivity index (χ4v) is 11.8. The lowest BCUT2D eigenvalue weighted by atomic mass is 10.0. The quantitative estimate of drug-likeness (QED) is 0.0261. The normalized spacial score (nSPS) is 12.1. The van der Waals surface area contributed by atoms with Gasteiger partial charge in [-0.05, 0) is 51.4 Å². The number of ether oxygens (including phenoxy) is 3. The van der Waals surface area contributed by atoms with Crippen LogP contribution in [0.3, 0.4) is 0 Å². The molecule has 0 radical (unpaired) electrons. The zero-order valence-corrected chi connectivity index (χ0v) is 56.5. The lowest BCUT2D eigenvalue weighted by Crippen LogP contribution is -2.30. The van der Waals surface area contributed by atoms with E-state index in [1.165, 1.54) is 327 Å². The summed E-state index contributed by atoms with van der Waals surface area (Å²) in [6.45, 7) is 6.70. The summed E-state index contributed by atoms with van der Waals surface area (Å²) in [5, 5.41) is 0. The van der Waals surface area contributed by atoms with E-state index in [4.69, 9.17) is 14.2 Å². The standard InChI is InChI=1S/C77H146O6/c1-4-7-10-13-16-19-22-24-26-28-30-32-33-34-35-36-37-38-39-40-41-42-43-44-45-46-48-49-51-53-55-58-61-64-67-70-76(79)82-73-74(72-81-75(78)69-66-63-60-57-21-18-15-12-9-6-3)83-77(80)71-68-65-62-59-56-54-52-50-47-31-29-27-25-23-20-17-14-11-8-5-2/h22,24,28,30,74H,4-21,23,25-27,29,31-73H2,1-3H3/b24-22-,30-28-. The van der Waals surface area contributed by atoms with E-state index in [-0.39, 0.29) is 31.1 Å². The lowest BCUT2D eigenvalue weighted by molar-refractivity contribution is -0.167. The molecule has 1 atom stereocenters. The summed E-state index contributed by atoms with van der Waals surface area (Å²) in [4.78, 5) is 38.4. The van der Waals surface area contributed by atoms with Crippen LogP contribution in [0.25, 0.3) is 0 Å². The average Bonchev–Trinajstić information content (AvgIpc) is 3.49. The van der Waals surface area contributed by atoms with Crippen LogP contribution in [0, 0.1) is 0 Å². The first kappa shape index (κ1) is 80.9. The average molecular weight is 1170 g/mol. The third-order valence-electron chi connectivity index (χ3n) is 17.5. The summed E-state index contributed by atoms with van der Waals surface area (Å²) in [7, 11) is 0. The third kappa shape index (κ3) is 70.5. The van der Waals surface area contributed by atoms with Gasteiger partial charge >= 0.3 is 17.9 Å². The topological polar surface area (TPSA) is 78.9 Å². The Morgan fingerprint density at radius 2 is 0.434 bits per heavy atom. The highest BCUT2D eigenvalue weighted by Gasteiger charge is 2.20. The number of hydrogen-bond donors (Lipinski definition) is 0. The molecule has 6 heteroatoms. The van der Waals surface area contributed by atoms with Gasteiger partial charge in [-0.3, -0.25) is 14.4 Å². The molecule has 490 valence electrons. The molecule has 1 unspecified atom stereocenters. The largest absolute Gasteiger partial charge is 0.462 e. The molecule has 0 fully saturated rings. The van der Waals surface area contributed by atoms with Gasteiger partial charge in [0.2, 0.25) is 0 Å². The third-order valence-corrected chi connectivity index (χ3v) is 17.5. The van der Waals surface area contributed by atoms with Crippen molar-refractivity contribution in [3.63, 3.8) is 0 Å². The second-order valence-corrected chi connectivity index (χ2v) is 25.9. The predicted molar refractivity (Wildman–Crippen MR) is 363 cm³/mol. The first-order valence-corrected chi connectivity index (χ1v) is 37.8. The van der Waals surface area contributed by atoms with Crippen molar-refractivity contribution in [1.29, 1.82) is 0 Å². The van der Waals surface area contributed by atoms with Crippen molar-refractivity contribution in [1.82, 2.24) is 0 Å². The predicted octanol–water partition coefficient (Wildman–Crippen LogP) is 26.1. The summed E-state index contributed by atoms with van der Waals surface area (Å²) >= 11 is 0. The van der Waals surface area contributed by atoms with Crippen LogP contribution in [-0.2, 0) is 28.6 Å². The van der Waals surface area contributed by atoms with Crippen LogP contribution in [0.15, 0.2) is 24.3 Å². The SMILES string of the molecule is CCCCCCC/C=C\C/C=C\CCCCCCCCCCCCCCCCCCCCCCCCCC(=O)OCC(COC(=O)CCCCCCCCCCCC)OC(=O)CCCCCCCCCCCCCCCCCCCCCC. The van der Waals surface area contributed by atoms with Crippen molar-refractivity contribution in [2.75, 3.05) is 13.2 Å². The number of carbonyl (C=O) groups excluding carboxylic acids is 3. The maximum atomic E-state index is 12.9. The van der Waals surface area contributed by atoms with Gasteiger partial charge in [-0.2, -0.15) is 0 Å². The van der Waals surface area contributed by atoms with E-state index in [1.807, 2.05) is 0 Å². The smallest absolute Gasteiger partial charge is 0.306 e. The van der Waals surface area contributed by atoms with Gasteiger partial charge in [-0.15, -0.1) is 0 Å². The van der Waals surface area contributed by atoms with E-state index in [0.29, 0.717) is 19.3 Å². The zero-order chi connectivity index (χ0) is 59.9. The number of hydrogen-bond acceptors (Lipinski definition) is 6. The number of carbonyl (C=O) groups is 3. The van der Waals surface area contributed by atoms with Gasteiger partial charge in [-0.25, -0.2) is 0 Å². The van der Waals surface area contributed by atoms with Crippen LogP contribution < -0.4 is 0 Å². The van der Waals surface area contributed by atoms with Gasteiger partial charge in [0.05, 0.1) is 0 Å². The fraction of sp³-hybridized carbons (Fsp3) is 0.909. The van der Waals surface area contributed by atoms with Crippen LogP contribution in [0.5, 0.6) is 0 Å². The molecule has 0 spiro atoms. The Balaban J connectivity index is 4.01. The minimum absolute atomic E-state index is 0.0626.